The average molecular weight is 545 g/mol. The van der Waals surface area contributed by atoms with E-state index >= 15 is 0 Å². The molecule has 0 unspecified atom stereocenters. The third-order valence-corrected chi connectivity index (χ3v) is 6.07. The molecule has 4 aromatic rings. The van der Waals surface area contributed by atoms with Crippen molar-refractivity contribution >= 4 is 56.2 Å². The molecular weight excluding hydrogens is 525 g/mol. The fraction of sp³-hybridized carbons (Fsp3) is 0.160. The van der Waals surface area contributed by atoms with Crippen LogP contribution in [0.15, 0.2) is 75.0 Å². The highest BCUT2D eigenvalue weighted by atomic mass is 79.9. The lowest BCUT2D eigenvalue weighted by Crippen LogP contribution is -2.22. The predicted octanol–water partition coefficient (Wildman–Crippen LogP) is 6.88. The number of fused-ring (bicyclic) bond motifs is 1. The van der Waals surface area contributed by atoms with Crippen LogP contribution >= 0.6 is 39.1 Å². The van der Waals surface area contributed by atoms with Gasteiger partial charge in [0, 0.05) is 32.1 Å². The molecule has 8 heteroatoms. The summed E-state index contributed by atoms with van der Waals surface area (Å²) in [6.07, 6.45) is 3.01. The first-order valence-corrected chi connectivity index (χ1v) is 11.9. The zero-order chi connectivity index (χ0) is 23.4. The van der Waals surface area contributed by atoms with Gasteiger partial charge in [0.2, 0.25) is 0 Å². The van der Waals surface area contributed by atoms with E-state index in [9.17, 15) is 4.79 Å². The van der Waals surface area contributed by atoms with E-state index in [1.807, 2.05) is 43.3 Å². The number of aryl methyl sites for hydroxylation is 1. The van der Waals surface area contributed by atoms with Crippen molar-refractivity contribution in [1.82, 2.24) is 9.66 Å². The normalized spacial score (nSPS) is 11.4. The molecule has 0 radical (unpaired) electrons. The van der Waals surface area contributed by atoms with Crippen LogP contribution in [0.1, 0.15) is 30.3 Å². The summed E-state index contributed by atoms with van der Waals surface area (Å²) < 4.78 is 8.15. The number of aromatic nitrogens is 2. The molecule has 0 spiro atoms. The van der Waals surface area contributed by atoms with Crippen molar-refractivity contribution in [3.05, 3.63) is 102 Å². The molecule has 4 rings (SSSR count). The summed E-state index contributed by atoms with van der Waals surface area (Å²) in [7, 11) is 0. The van der Waals surface area contributed by atoms with E-state index in [-0.39, 0.29) is 12.2 Å². The lowest BCUT2D eigenvalue weighted by molar-refractivity contribution is 0.306. The Balaban J connectivity index is 1.72. The highest BCUT2D eigenvalue weighted by Gasteiger charge is 2.11. The summed E-state index contributed by atoms with van der Waals surface area (Å²) in [4.78, 5) is 17.9. The van der Waals surface area contributed by atoms with Crippen LogP contribution in [0.5, 0.6) is 5.75 Å². The van der Waals surface area contributed by atoms with Crippen LogP contribution in [0.2, 0.25) is 10.0 Å². The number of benzene rings is 3. The van der Waals surface area contributed by atoms with E-state index < -0.39 is 0 Å². The minimum atomic E-state index is -0.235. The molecule has 33 heavy (non-hydrogen) atoms. The van der Waals surface area contributed by atoms with Crippen molar-refractivity contribution in [2.24, 2.45) is 5.10 Å². The van der Waals surface area contributed by atoms with E-state index in [2.05, 4.69) is 26.0 Å². The van der Waals surface area contributed by atoms with Crippen LogP contribution in [0.3, 0.4) is 0 Å². The van der Waals surface area contributed by atoms with E-state index in [1.165, 1.54) is 4.68 Å². The van der Waals surface area contributed by atoms with Gasteiger partial charge in [-0.2, -0.15) is 9.78 Å². The third kappa shape index (κ3) is 5.46. The highest BCUT2D eigenvalue weighted by Crippen LogP contribution is 2.24. The Morgan fingerprint density at radius 3 is 2.73 bits per heavy atom. The average Bonchev–Trinajstić information content (AvgIpc) is 2.80. The summed E-state index contributed by atoms with van der Waals surface area (Å²) >= 11 is 15.9. The molecule has 0 atom stereocenters. The van der Waals surface area contributed by atoms with Gasteiger partial charge in [-0.25, -0.2) is 4.98 Å². The van der Waals surface area contributed by atoms with Gasteiger partial charge in [0.25, 0.3) is 5.56 Å². The SMILES string of the molecule is CCCc1nc2ccc(Br)cc2c(=O)n1N=Cc1cc(Cl)ccc1OCc1ccccc1Cl. The van der Waals surface area contributed by atoms with Crippen molar-refractivity contribution in [2.45, 2.75) is 26.4 Å². The minimum absolute atomic E-state index is 0.235. The number of rotatable bonds is 7. The van der Waals surface area contributed by atoms with Gasteiger partial charge < -0.3 is 4.74 Å². The van der Waals surface area contributed by atoms with Gasteiger partial charge in [-0.3, -0.25) is 4.79 Å². The van der Waals surface area contributed by atoms with Crippen molar-refractivity contribution in [1.29, 1.82) is 0 Å². The molecule has 0 saturated heterocycles. The lowest BCUT2D eigenvalue weighted by Gasteiger charge is -2.11. The van der Waals surface area contributed by atoms with Gasteiger partial charge in [-0.05, 0) is 48.9 Å². The van der Waals surface area contributed by atoms with Crippen LogP contribution in [0.4, 0.5) is 0 Å². The van der Waals surface area contributed by atoms with E-state index in [4.69, 9.17) is 27.9 Å². The minimum Gasteiger partial charge on any atom is -0.488 e. The molecule has 3 aromatic carbocycles. The summed E-state index contributed by atoms with van der Waals surface area (Å²) in [5.41, 5.74) is 1.91. The van der Waals surface area contributed by atoms with Crippen LogP contribution in [0, 0.1) is 0 Å². The molecule has 0 N–H and O–H groups in total. The standard InChI is InChI=1S/C25H20BrCl2N3O2/c1-2-5-24-30-22-10-8-18(26)13-20(22)25(32)31(24)29-14-17-12-19(27)9-11-23(17)33-15-16-6-3-4-7-21(16)28/h3-4,6-14H,2,5,15H2,1H3. The maximum Gasteiger partial charge on any atom is 0.282 e. The van der Waals surface area contributed by atoms with Crippen LogP contribution in [-0.2, 0) is 13.0 Å². The van der Waals surface area contributed by atoms with Crippen molar-refractivity contribution in [3.63, 3.8) is 0 Å². The fourth-order valence-electron chi connectivity index (χ4n) is 3.34. The summed E-state index contributed by atoms with van der Waals surface area (Å²) in [5.74, 6) is 1.17. The molecule has 0 aliphatic carbocycles. The number of hydrogen-bond acceptors (Lipinski definition) is 4. The van der Waals surface area contributed by atoms with Crippen molar-refractivity contribution < 1.29 is 4.74 Å². The van der Waals surface area contributed by atoms with Crippen molar-refractivity contribution in [2.75, 3.05) is 0 Å². The lowest BCUT2D eigenvalue weighted by atomic mass is 10.2. The van der Waals surface area contributed by atoms with Gasteiger partial charge in [0.15, 0.2) is 0 Å². The van der Waals surface area contributed by atoms with E-state index in [0.717, 1.165) is 16.5 Å². The maximum absolute atomic E-state index is 13.2. The zero-order valence-electron chi connectivity index (χ0n) is 17.8. The smallest absolute Gasteiger partial charge is 0.282 e. The first kappa shape index (κ1) is 23.5. The summed E-state index contributed by atoms with van der Waals surface area (Å²) in [6.45, 7) is 2.32. The van der Waals surface area contributed by atoms with Gasteiger partial charge in [0.05, 0.1) is 17.1 Å². The van der Waals surface area contributed by atoms with Gasteiger partial charge >= 0.3 is 0 Å². The Hall–Kier alpha value is -2.67. The Kier molecular flexibility index (Phi) is 7.48. The predicted molar refractivity (Wildman–Crippen MR) is 138 cm³/mol. The number of hydrogen-bond donors (Lipinski definition) is 0. The Morgan fingerprint density at radius 1 is 1.12 bits per heavy atom. The van der Waals surface area contributed by atoms with Gasteiger partial charge in [0.1, 0.15) is 18.2 Å². The molecule has 0 aliphatic heterocycles. The summed E-state index contributed by atoms with van der Waals surface area (Å²) in [6, 6.07) is 18.2. The molecule has 0 saturated carbocycles. The first-order valence-electron chi connectivity index (χ1n) is 10.4. The van der Waals surface area contributed by atoms with Crippen LogP contribution in [-0.4, -0.2) is 15.9 Å². The molecule has 0 aliphatic rings. The van der Waals surface area contributed by atoms with E-state index in [1.54, 1.807) is 30.5 Å². The molecule has 0 fully saturated rings. The Bertz CT molecular complexity index is 1400. The zero-order valence-corrected chi connectivity index (χ0v) is 20.9. The number of nitrogens with zero attached hydrogens (tertiary/aromatic N) is 3. The van der Waals surface area contributed by atoms with Crippen molar-refractivity contribution in [3.8, 4) is 5.75 Å². The molecule has 1 heterocycles. The second-order valence-corrected chi connectivity index (χ2v) is 9.12. The second-order valence-electron chi connectivity index (χ2n) is 7.36. The van der Waals surface area contributed by atoms with E-state index in [0.29, 0.717) is 44.5 Å². The quantitative estimate of drug-likeness (QED) is 0.238. The van der Waals surface area contributed by atoms with Crippen LogP contribution in [0.25, 0.3) is 10.9 Å². The first-order chi connectivity index (χ1) is 16.0. The topological polar surface area (TPSA) is 56.5 Å². The Morgan fingerprint density at radius 2 is 1.94 bits per heavy atom. The largest absolute Gasteiger partial charge is 0.488 e. The maximum atomic E-state index is 13.2. The van der Waals surface area contributed by atoms with Gasteiger partial charge in [-0.1, -0.05) is 64.3 Å². The number of halogens is 3. The highest BCUT2D eigenvalue weighted by molar-refractivity contribution is 9.10. The molecule has 0 bridgehead atoms. The Labute approximate surface area is 209 Å². The summed E-state index contributed by atoms with van der Waals surface area (Å²) in [5, 5.41) is 6.14. The molecule has 168 valence electrons. The number of ether oxygens (including phenoxy) is 1. The fourth-order valence-corrected chi connectivity index (χ4v) is 4.07. The third-order valence-electron chi connectivity index (χ3n) is 4.97. The van der Waals surface area contributed by atoms with Crippen LogP contribution < -0.4 is 10.3 Å². The monoisotopic (exact) mass is 543 g/mol. The molecule has 1 aromatic heterocycles. The molecular formula is C25H20BrCl2N3O2. The molecule has 5 nitrogen and oxygen atoms in total. The van der Waals surface area contributed by atoms with Gasteiger partial charge in [-0.15, -0.1) is 0 Å². The second kappa shape index (κ2) is 10.5. The molecule has 0 amide bonds.